The van der Waals surface area contributed by atoms with Gasteiger partial charge >= 0.3 is 5.97 Å². The Morgan fingerprint density at radius 1 is 0.981 bits per heavy atom. The Morgan fingerprint density at radius 2 is 1.72 bits per heavy atom. The van der Waals surface area contributed by atoms with E-state index in [1.54, 1.807) is 61.5 Å². The minimum absolute atomic E-state index is 0.0826. The average molecular weight is 756 g/mol. The number of carbonyl (C=O) groups excluding carboxylic acids is 4. The number of Topliss-reactive ketones (excluding diaryl/α,β-unsaturated/α-hetero) is 1. The van der Waals surface area contributed by atoms with E-state index in [-0.39, 0.29) is 35.2 Å². The summed E-state index contributed by atoms with van der Waals surface area (Å²) in [4.78, 5) is 55.7. The number of nitrogens with one attached hydrogen (secondary N) is 4. The van der Waals surface area contributed by atoms with Crippen molar-refractivity contribution >= 4 is 56.6 Å². The highest BCUT2D eigenvalue weighted by molar-refractivity contribution is 7.89. The van der Waals surface area contributed by atoms with Crippen LogP contribution in [0.2, 0.25) is 0 Å². The van der Waals surface area contributed by atoms with Crippen LogP contribution in [-0.2, 0) is 30.8 Å². The van der Waals surface area contributed by atoms with Crippen LogP contribution < -0.4 is 25.8 Å². The Balaban J connectivity index is 1.37. The molecule has 2 heterocycles. The number of carbonyl (C=O) groups is 4. The number of fused-ring (bicyclic) bond motifs is 1. The van der Waals surface area contributed by atoms with Gasteiger partial charge in [0.1, 0.15) is 16.4 Å². The highest BCUT2D eigenvalue weighted by Crippen LogP contribution is 2.36. The summed E-state index contributed by atoms with van der Waals surface area (Å²) in [6, 6.07) is 16.1. The van der Waals surface area contributed by atoms with Crippen molar-refractivity contribution in [3.63, 3.8) is 0 Å². The van der Waals surface area contributed by atoms with Gasteiger partial charge in [0.2, 0.25) is 10.0 Å². The van der Waals surface area contributed by atoms with E-state index < -0.39 is 32.8 Å². The number of hydrogen-bond acceptors (Lipinski definition) is 9. The first-order valence-electron chi connectivity index (χ1n) is 17.8. The Hall–Kier alpha value is -5.73. The maximum absolute atomic E-state index is 13.6. The first-order valence-corrected chi connectivity index (χ1v) is 19.3. The van der Waals surface area contributed by atoms with Crippen molar-refractivity contribution in [2.75, 3.05) is 23.7 Å². The number of rotatable bonds is 16. The fourth-order valence-corrected chi connectivity index (χ4v) is 6.71. The maximum Gasteiger partial charge on any atom is 0.340 e. The van der Waals surface area contributed by atoms with Crippen LogP contribution in [0, 0.1) is 13.8 Å². The van der Waals surface area contributed by atoms with E-state index in [0.29, 0.717) is 63.7 Å². The van der Waals surface area contributed by atoms with Crippen molar-refractivity contribution < 1.29 is 37.1 Å². The number of primary sulfonamides is 1. The summed E-state index contributed by atoms with van der Waals surface area (Å²) < 4.78 is 36.8. The highest BCUT2D eigenvalue weighted by Gasteiger charge is 2.29. The lowest BCUT2D eigenvalue weighted by Gasteiger charge is -2.18. The molecule has 0 aliphatic carbocycles. The molecule has 2 amide bonds. The molecule has 1 aliphatic rings. The summed E-state index contributed by atoms with van der Waals surface area (Å²) in [5.41, 5.74) is 4.72. The summed E-state index contributed by atoms with van der Waals surface area (Å²) in [6.45, 7) is 10.0. The summed E-state index contributed by atoms with van der Waals surface area (Å²) >= 11 is 0. The number of hydrogen-bond donors (Lipinski definition) is 5. The molecule has 1 unspecified atom stereocenters. The molecule has 0 radical (unpaired) electrons. The van der Waals surface area contributed by atoms with E-state index in [2.05, 4.69) is 20.9 Å². The molecule has 1 atom stereocenters. The van der Waals surface area contributed by atoms with Gasteiger partial charge in [-0.3, -0.25) is 14.4 Å². The van der Waals surface area contributed by atoms with Gasteiger partial charge in [-0.15, -0.1) is 0 Å². The summed E-state index contributed by atoms with van der Waals surface area (Å²) in [7, 11) is -4.36. The second-order valence-electron chi connectivity index (χ2n) is 13.1. The van der Waals surface area contributed by atoms with Gasteiger partial charge in [-0.2, -0.15) is 0 Å². The molecule has 1 aromatic heterocycles. The largest absolute Gasteiger partial charge is 0.456 e. The number of aryl methyl sites for hydroxylation is 1. The summed E-state index contributed by atoms with van der Waals surface area (Å²) in [5.74, 6) is -1.60. The molecule has 4 aromatic rings. The van der Waals surface area contributed by atoms with Crippen LogP contribution >= 0.6 is 0 Å². The van der Waals surface area contributed by atoms with Crippen molar-refractivity contribution in [2.45, 2.75) is 71.3 Å². The summed E-state index contributed by atoms with van der Waals surface area (Å²) in [6.07, 6.45) is 2.76. The van der Waals surface area contributed by atoms with Crippen molar-refractivity contribution in [1.29, 1.82) is 0 Å². The number of nitrogens with two attached hydrogens (primary N) is 1. The van der Waals surface area contributed by atoms with Crippen LogP contribution in [0.5, 0.6) is 11.5 Å². The van der Waals surface area contributed by atoms with Crippen molar-refractivity contribution in [3.8, 4) is 11.5 Å². The van der Waals surface area contributed by atoms with Gasteiger partial charge in [-0.1, -0.05) is 44.5 Å². The molecule has 0 fully saturated rings. The van der Waals surface area contributed by atoms with Gasteiger partial charge in [0.05, 0.1) is 22.4 Å². The second kappa shape index (κ2) is 16.9. The number of aromatic amines is 1. The number of ether oxygens (including phenoxy) is 2. The molecule has 6 N–H and O–H groups in total. The van der Waals surface area contributed by atoms with Crippen LogP contribution in [0.4, 0.5) is 11.4 Å². The van der Waals surface area contributed by atoms with Crippen LogP contribution in [0.15, 0.2) is 65.6 Å². The molecule has 0 spiro atoms. The zero-order valence-electron chi connectivity index (χ0n) is 30.9. The Labute approximate surface area is 314 Å². The average Bonchev–Trinajstić information content (AvgIpc) is 3.59. The first-order chi connectivity index (χ1) is 25.7. The van der Waals surface area contributed by atoms with Gasteiger partial charge in [-0.05, 0) is 81.1 Å². The van der Waals surface area contributed by atoms with Crippen molar-refractivity contribution in [1.82, 2.24) is 10.3 Å². The maximum atomic E-state index is 13.6. The van der Waals surface area contributed by atoms with E-state index in [0.717, 1.165) is 25.3 Å². The zero-order chi connectivity index (χ0) is 39.2. The third kappa shape index (κ3) is 9.07. The molecule has 284 valence electrons. The first kappa shape index (κ1) is 39.5. The lowest BCUT2D eigenvalue weighted by atomic mass is 9.98. The Morgan fingerprint density at radius 3 is 2.41 bits per heavy atom. The fourth-order valence-electron chi connectivity index (χ4n) is 6.05. The molecule has 0 bridgehead atoms. The van der Waals surface area contributed by atoms with E-state index in [9.17, 15) is 27.6 Å². The van der Waals surface area contributed by atoms with E-state index in [1.807, 2.05) is 20.8 Å². The predicted octanol–water partition coefficient (Wildman–Crippen LogP) is 6.27. The second-order valence-corrected chi connectivity index (χ2v) is 14.6. The number of aromatic nitrogens is 1. The van der Waals surface area contributed by atoms with E-state index >= 15 is 0 Å². The Bertz CT molecular complexity index is 2230. The number of ketones is 1. The van der Waals surface area contributed by atoms with Crippen LogP contribution in [-0.4, -0.2) is 56.2 Å². The SMILES string of the molecule is CCCCNc1cc(Oc2ccccc2)c(S(N)(=O)=O)cc1C(=O)OC(C)C(=O)Cc1ccc2c(c1)/C(=C/c1[nH]c(C)c(C(=O)NCCC)c1C)C(=O)N2. The molecule has 0 saturated heterocycles. The Kier molecular flexibility index (Phi) is 12.4. The molecule has 0 saturated carbocycles. The predicted molar refractivity (Wildman–Crippen MR) is 207 cm³/mol. The number of esters is 1. The van der Waals surface area contributed by atoms with Crippen molar-refractivity contribution in [2.24, 2.45) is 5.14 Å². The normalized spacial score (nSPS) is 13.6. The molecule has 3 aromatic carbocycles. The van der Waals surface area contributed by atoms with Crippen LogP contribution in [0.3, 0.4) is 0 Å². The minimum atomic E-state index is -4.36. The number of para-hydroxylation sites is 1. The molecule has 13 nitrogen and oxygen atoms in total. The molecule has 1 aliphatic heterocycles. The quantitative estimate of drug-likeness (QED) is 0.0497. The molecule has 54 heavy (non-hydrogen) atoms. The highest BCUT2D eigenvalue weighted by atomic mass is 32.2. The van der Waals surface area contributed by atoms with Crippen LogP contribution in [0.1, 0.15) is 88.8 Å². The molecular weight excluding hydrogens is 711 g/mol. The number of anilines is 2. The summed E-state index contributed by atoms with van der Waals surface area (Å²) in [5, 5.41) is 14.4. The van der Waals surface area contributed by atoms with E-state index in [4.69, 9.17) is 14.6 Å². The molecular formula is C40H45N5O8S. The lowest BCUT2D eigenvalue weighted by molar-refractivity contribution is -0.126. The van der Waals surface area contributed by atoms with E-state index in [1.165, 1.54) is 13.0 Å². The monoisotopic (exact) mass is 755 g/mol. The van der Waals surface area contributed by atoms with Crippen LogP contribution in [0.25, 0.3) is 11.6 Å². The number of benzene rings is 3. The number of unbranched alkanes of at least 4 members (excludes halogenated alkanes) is 1. The smallest absolute Gasteiger partial charge is 0.340 e. The lowest BCUT2D eigenvalue weighted by Crippen LogP contribution is -2.26. The molecule has 5 rings (SSSR count). The number of H-pyrrole nitrogens is 1. The number of amides is 2. The van der Waals surface area contributed by atoms with Gasteiger partial charge in [0.15, 0.2) is 11.9 Å². The fraction of sp³-hybridized carbons (Fsp3) is 0.300. The van der Waals surface area contributed by atoms with Gasteiger partial charge in [-0.25, -0.2) is 18.4 Å². The topological polar surface area (TPSA) is 199 Å². The van der Waals surface area contributed by atoms with Gasteiger partial charge in [0.25, 0.3) is 11.8 Å². The van der Waals surface area contributed by atoms with Crippen molar-refractivity contribution in [3.05, 3.63) is 99.9 Å². The standard InChI is InChI=1S/C40H45N5O8S/c1-6-8-17-42-33-22-35(53-27-12-10-9-11-13-27)36(54(41,50)51)21-30(33)40(49)52-25(5)34(46)19-26-14-15-31-28(18-26)29(38(47)45-31)20-32-23(3)37(24(4)44-32)39(48)43-16-7-2/h9-15,18,20-22,25,42,44H,6-8,16-17,19H2,1-5H3,(H,43,48)(H,45,47)(H2,41,50,51)/b29-20-. The minimum Gasteiger partial charge on any atom is -0.456 e. The third-order valence-electron chi connectivity index (χ3n) is 8.94. The molecule has 14 heteroatoms. The zero-order valence-corrected chi connectivity index (χ0v) is 31.7. The van der Waals surface area contributed by atoms with Gasteiger partial charge in [0, 0.05) is 48.2 Å². The van der Waals surface area contributed by atoms with Gasteiger partial charge < -0.3 is 30.4 Å². The number of sulfonamides is 1. The third-order valence-corrected chi connectivity index (χ3v) is 9.87.